The first-order valence-electron chi connectivity index (χ1n) is 4.53. The van der Waals surface area contributed by atoms with E-state index in [0.717, 1.165) is 5.69 Å². The summed E-state index contributed by atoms with van der Waals surface area (Å²) >= 11 is 0. The highest BCUT2D eigenvalue weighted by Crippen LogP contribution is 2.01. The second kappa shape index (κ2) is 4.72. The number of hydrogen-bond acceptors (Lipinski definition) is 4. The second-order valence-electron chi connectivity index (χ2n) is 3.69. The van der Waals surface area contributed by atoms with Crippen LogP contribution >= 0.6 is 0 Å². The van der Waals surface area contributed by atoms with Crippen molar-refractivity contribution in [3.8, 4) is 0 Å². The first-order valence-corrected chi connectivity index (χ1v) is 6.97. The first kappa shape index (κ1) is 12.1. The third-order valence-electron chi connectivity index (χ3n) is 1.61. The Labute approximate surface area is 90.7 Å². The molecule has 1 aromatic heterocycles. The molecule has 0 unspecified atom stereocenters. The van der Waals surface area contributed by atoms with E-state index in [4.69, 9.17) is 4.74 Å². The van der Waals surface area contributed by atoms with Crippen molar-refractivity contribution >= 4 is 14.9 Å². The fourth-order valence-electron chi connectivity index (χ4n) is 1.23. The smallest absolute Gasteiger partial charge is 0.126 e. The summed E-state index contributed by atoms with van der Waals surface area (Å²) in [7, 11) is -0.317. The number of methoxy groups -OCH3 is 1. The predicted molar refractivity (Wildman–Crippen MR) is 62.6 cm³/mol. The average molecular weight is 228 g/mol. The average Bonchev–Trinajstić information content (AvgIpc) is 1.99. The summed E-state index contributed by atoms with van der Waals surface area (Å²) in [5.41, 5.74) is 1.50. The Morgan fingerprint density at radius 3 is 2.67 bits per heavy atom. The number of aryl methyl sites for hydroxylation is 1. The molecule has 0 saturated heterocycles. The van der Waals surface area contributed by atoms with E-state index in [9.17, 15) is 4.21 Å². The molecular weight excluding hydrogens is 212 g/mol. The zero-order valence-electron chi connectivity index (χ0n) is 9.48. The van der Waals surface area contributed by atoms with E-state index >= 15 is 0 Å². The number of ether oxygens (including phenoxy) is 1. The molecule has 0 radical (unpaired) electrons. The lowest BCUT2D eigenvalue weighted by Gasteiger charge is -2.03. The van der Waals surface area contributed by atoms with Gasteiger partial charge in [0.2, 0.25) is 0 Å². The Morgan fingerprint density at radius 2 is 2.13 bits per heavy atom. The number of aromatic nitrogens is 2. The van der Waals surface area contributed by atoms with E-state index < -0.39 is 9.52 Å². The van der Waals surface area contributed by atoms with Gasteiger partial charge in [0, 0.05) is 25.0 Å². The Balaban J connectivity index is 3.15. The molecule has 5 heteroatoms. The molecule has 0 N–H and O–H groups in total. The van der Waals surface area contributed by atoms with Gasteiger partial charge in [0.15, 0.2) is 0 Å². The van der Waals surface area contributed by atoms with E-state index in [2.05, 4.69) is 9.97 Å². The van der Waals surface area contributed by atoms with Crippen molar-refractivity contribution in [1.29, 1.82) is 0 Å². The minimum absolute atomic E-state index is 0.443. The summed E-state index contributed by atoms with van der Waals surface area (Å²) in [5.74, 6) is 0.666. The molecule has 0 amide bonds. The van der Waals surface area contributed by atoms with Crippen molar-refractivity contribution in [2.45, 2.75) is 13.5 Å². The monoisotopic (exact) mass is 228 g/mol. The molecule has 84 valence electrons. The van der Waals surface area contributed by atoms with Crippen molar-refractivity contribution in [2.24, 2.45) is 0 Å². The van der Waals surface area contributed by atoms with Crippen molar-refractivity contribution in [3.05, 3.63) is 23.3 Å². The molecule has 1 heterocycles. The highest BCUT2D eigenvalue weighted by atomic mass is 32.2. The minimum atomic E-state index is -1.93. The van der Waals surface area contributed by atoms with Gasteiger partial charge in [-0.1, -0.05) is 0 Å². The van der Waals surface area contributed by atoms with Gasteiger partial charge in [-0.25, -0.2) is 9.97 Å². The summed E-state index contributed by atoms with van der Waals surface area (Å²) in [4.78, 5) is 8.40. The van der Waals surface area contributed by atoms with Gasteiger partial charge in [-0.3, -0.25) is 4.21 Å². The number of hydrogen-bond donors (Lipinski definition) is 0. The lowest BCUT2D eigenvalue weighted by molar-refractivity contribution is 0.181. The number of rotatable bonds is 3. The van der Waals surface area contributed by atoms with E-state index in [-0.39, 0.29) is 0 Å². The Bertz CT molecular complexity index is 454. The van der Waals surface area contributed by atoms with Gasteiger partial charge in [0.05, 0.1) is 18.0 Å². The van der Waals surface area contributed by atoms with Crippen molar-refractivity contribution < 1.29 is 8.95 Å². The quantitative estimate of drug-likeness (QED) is 0.712. The molecule has 15 heavy (non-hydrogen) atoms. The van der Waals surface area contributed by atoms with Gasteiger partial charge in [-0.05, 0) is 22.5 Å². The van der Waals surface area contributed by atoms with E-state index in [0.29, 0.717) is 18.1 Å². The van der Waals surface area contributed by atoms with Gasteiger partial charge >= 0.3 is 0 Å². The Kier molecular flexibility index (Phi) is 3.82. The maximum atomic E-state index is 11.6. The van der Waals surface area contributed by atoms with Crippen LogP contribution in [-0.2, 0) is 20.9 Å². The zero-order chi connectivity index (χ0) is 11.5. The SMILES string of the molecule is COCc1cc(C=S(C)(C)=O)nc(C)n1. The van der Waals surface area contributed by atoms with Gasteiger partial charge in [-0.15, -0.1) is 0 Å². The van der Waals surface area contributed by atoms with Crippen LogP contribution in [0, 0.1) is 6.92 Å². The largest absolute Gasteiger partial charge is 0.378 e. The Morgan fingerprint density at radius 1 is 1.47 bits per heavy atom. The van der Waals surface area contributed by atoms with Crippen LogP contribution in [0.2, 0.25) is 0 Å². The van der Waals surface area contributed by atoms with Crippen LogP contribution < -0.4 is 0 Å². The third kappa shape index (κ3) is 4.40. The van der Waals surface area contributed by atoms with E-state index in [1.807, 2.05) is 6.92 Å². The Hall–Kier alpha value is -0.940. The fraction of sp³-hybridized carbons (Fsp3) is 0.500. The molecule has 0 fully saturated rings. The molecule has 0 aliphatic heterocycles. The summed E-state index contributed by atoms with van der Waals surface area (Å²) in [5, 5.41) is 1.67. The molecule has 0 aliphatic carbocycles. The van der Waals surface area contributed by atoms with Gasteiger partial charge in [0.25, 0.3) is 0 Å². The maximum Gasteiger partial charge on any atom is 0.126 e. The summed E-state index contributed by atoms with van der Waals surface area (Å²) < 4.78 is 16.6. The molecule has 0 aromatic carbocycles. The van der Waals surface area contributed by atoms with Crippen LogP contribution in [-0.4, -0.2) is 39.2 Å². The van der Waals surface area contributed by atoms with Crippen LogP contribution in [0.5, 0.6) is 0 Å². The molecule has 0 bridgehead atoms. The van der Waals surface area contributed by atoms with Crippen molar-refractivity contribution in [2.75, 3.05) is 19.6 Å². The normalized spacial score (nSPS) is 11.5. The lowest BCUT2D eigenvalue weighted by Crippen LogP contribution is -2.05. The molecule has 0 aliphatic rings. The molecule has 0 saturated carbocycles. The van der Waals surface area contributed by atoms with E-state index in [1.165, 1.54) is 0 Å². The second-order valence-corrected chi connectivity index (χ2v) is 6.55. The standard InChI is InChI=1S/C10H16N2O2S/c1-8-11-9(6-14-2)5-10(12-8)7-15(3,4)13/h5,7H,6H2,1-4H3. The van der Waals surface area contributed by atoms with Crippen LogP contribution in [0.1, 0.15) is 17.2 Å². The number of nitrogens with zero attached hydrogens (tertiary/aromatic N) is 2. The summed E-state index contributed by atoms with van der Waals surface area (Å²) in [6, 6.07) is 1.79. The first-order chi connectivity index (χ1) is 6.90. The molecule has 4 nitrogen and oxygen atoms in total. The van der Waals surface area contributed by atoms with Crippen LogP contribution in [0.3, 0.4) is 0 Å². The van der Waals surface area contributed by atoms with Gasteiger partial charge in [0.1, 0.15) is 5.82 Å². The summed E-state index contributed by atoms with van der Waals surface area (Å²) in [6.45, 7) is 2.25. The zero-order valence-corrected chi connectivity index (χ0v) is 10.3. The molecule has 1 rings (SSSR count). The van der Waals surface area contributed by atoms with Crippen molar-refractivity contribution in [1.82, 2.24) is 9.97 Å². The molecule has 0 spiro atoms. The molecule has 0 atom stereocenters. The van der Waals surface area contributed by atoms with Gasteiger partial charge in [-0.2, -0.15) is 0 Å². The fourth-order valence-corrected chi connectivity index (χ4v) is 1.93. The van der Waals surface area contributed by atoms with E-state index in [1.54, 1.807) is 31.1 Å². The van der Waals surface area contributed by atoms with Crippen LogP contribution in [0.25, 0.3) is 0 Å². The predicted octanol–water partition coefficient (Wildman–Crippen LogP) is 0.626. The topological polar surface area (TPSA) is 52.1 Å². The lowest BCUT2D eigenvalue weighted by atomic mass is 10.3. The molecule has 1 aromatic rings. The highest BCUT2D eigenvalue weighted by Gasteiger charge is 2.01. The minimum Gasteiger partial charge on any atom is -0.378 e. The van der Waals surface area contributed by atoms with Crippen molar-refractivity contribution in [3.63, 3.8) is 0 Å². The van der Waals surface area contributed by atoms with Crippen LogP contribution in [0.4, 0.5) is 0 Å². The highest BCUT2D eigenvalue weighted by molar-refractivity contribution is 8.00. The summed E-state index contributed by atoms with van der Waals surface area (Å²) in [6.07, 6.45) is 3.36. The molecular formula is C10H16N2O2S. The van der Waals surface area contributed by atoms with Crippen LogP contribution in [0.15, 0.2) is 6.07 Å². The maximum absolute atomic E-state index is 11.6. The third-order valence-corrected chi connectivity index (χ3v) is 2.42. The van der Waals surface area contributed by atoms with Gasteiger partial charge < -0.3 is 4.74 Å².